The van der Waals surface area contributed by atoms with E-state index in [0.29, 0.717) is 16.1 Å². The molecule has 1 aromatic heterocycles. The van der Waals surface area contributed by atoms with Crippen molar-refractivity contribution < 1.29 is 17.0 Å². The number of hydrogen-bond donors (Lipinski definition) is 1. The van der Waals surface area contributed by atoms with Crippen molar-refractivity contribution in [2.24, 2.45) is 0 Å². The van der Waals surface area contributed by atoms with E-state index in [9.17, 15) is 14.0 Å². The molecule has 0 saturated carbocycles. The van der Waals surface area contributed by atoms with Crippen molar-refractivity contribution in [1.29, 1.82) is 0 Å². The zero-order chi connectivity index (χ0) is 20.4. The van der Waals surface area contributed by atoms with Crippen LogP contribution < -0.4 is 5.32 Å². The molecule has 0 saturated heterocycles. The molecule has 0 fully saturated rings. The molecular weight excluding hydrogens is 504 g/mol. The van der Waals surface area contributed by atoms with Gasteiger partial charge in [-0.15, -0.1) is 11.3 Å². The lowest BCUT2D eigenvalue weighted by Gasteiger charge is -2.25. The normalized spacial score (nSPS) is 15.4. The number of rotatable bonds is 4. The quantitative estimate of drug-likeness (QED) is 0.434. The van der Waals surface area contributed by atoms with Gasteiger partial charge >= 0.3 is 5.97 Å². The molecule has 1 amide bonds. The first kappa shape index (κ1) is 20.0. The number of benzene rings is 2. The van der Waals surface area contributed by atoms with E-state index in [-0.39, 0.29) is 5.92 Å². The standard InChI is InChI=1S/C22H17FINO3S/c23-17-9-7-14(8-10-17)20(26)25-21-19(22(27)28-24)18(12-29-21)16-6-5-13-3-1-2-4-15(13)11-16/h1-4,7-10,12,16H,5-6,11H2,(H,25,26). The Morgan fingerprint density at radius 1 is 1.10 bits per heavy atom. The van der Waals surface area contributed by atoms with Crippen LogP contribution in [0, 0.1) is 5.82 Å². The topological polar surface area (TPSA) is 55.4 Å². The molecule has 29 heavy (non-hydrogen) atoms. The summed E-state index contributed by atoms with van der Waals surface area (Å²) in [6.07, 6.45) is 2.73. The number of carbonyl (C=O) groups excluding carboxylic acids is 2. The number of halogens is 2. The van der Waals surface area contributed by atoms with Crippen LogP contribution in [0.3, 0.4) is 0 Å². The van der Waals surface area contributed by atoms with Crippen LogP contribution in [-0.4, -0.2) is 11.9 Å². The van der Waals surface area contributed by atoms with E-state index in [4.69, 9.17) is 3.07 Å². The van der Waals surface area contributed by atoms with Gasteiger partial charge in [-0.3, -0.25) is 4.79 Å². The number of carbonyl (C=O) groups is 2. The van der Waals surface area contributed by atoms with Gasteiger partial charge < -0.3 is 8.38 Å². The van der Waals surface area contributed by atoms with Gasteiger partial charge in [-0.1, -0.05) is 24.3 Å². The fourth-order valence-corrected chi connectivity index (χ4v) is 5.00. The first-order valence-electron chi connectivity index (χ1n) is 9.15. The highest BCUT2D eigenvalue weighted by molar-refractivity contribution is 14.1. The molecular formula is C22H17FINO3S. The fraction of sp³-hybridized carbons (Fsp3) is 0.182. The maximum Gasteiger partial charge on any atom is 0.350 e. The van der Waals surface area contributed by atoms with Gasteiger partial charge in [0, 0.05) is 5.56 Å². The van der Waals surface area contributed by atoms with Crippen molar-refractivity contribution in [2.45, 2.75) is 25.2 Å². The maximum absolute atomic E-state index is 13.1. The lowest BCUT2D eigenvalue weighted by atomic mass is 9.80. The lowest BCUT2D eigenvalue weighted by molar-refractivity contribution is 0.0800. The van der Waals surface area contributed by atoms with Crippen molar-refractivity contribution in [3.8, 4) is 0 Å². The van der Waals surface area contributed by atoms with Crippen molar-refractivity contribution in [3.63, 3.8) is 0 Å². The third-order valence-corrected chi connectivity index (χ3v) is 6.53. The van der Waals surface area contributed by atoms with Crippen LogP contribution in [0.4, 0.5) is 9.39 Å². The molecule has 1 aliphatic rings. The van der Waals surface area contributed by atoms with Gasteiger partial charge in [-0.05, 0) is 71.5 Å². The molecule has 1 atom stereocenters. The summed E-state index contributed by atoms with van der Waals surface area (Å²) in [5, 5.41) is 5.18. The van der Waals surface area contributed by atoms with Crippen molar-refractivity contribution >= 4 is 51.2 Å². The molecule has 2 aromatic carbocycles. The van der Waals surface area contributed by atoms with E-state index in [1.807, 2.05) is 17.5 Å². The molecule has 3 aromatic rings. The van der Waals surface area contributed by atoms with Crippen molar-refractivity contribution in [1.82, 2.24) is 0 Å². The molecule has 0 spiro atoms. The number of hydrogen-bond acceptors (Lipinski definition) is 4. The summed E-state index contributed by atoms with van der Waals surface area (Å²) in [5.74, 6) is -1.10. The van der Waals surface area contributed by atoms with Gasteiger partial charge in [0.15, 0.2) is 23.0 Å². The Bertz CT molecular complexity index is 1060. The van der Waals surface area contributed by atoms with E-state index in [2.05, 4.69) is 17.4 Å². The largest absolute Gasteiger partial charge is 0.391 e. The Morgan fingerprint density at radius 3 is 2.55 bits per heavy atom. The minimum atomic E-state index is -0.477. The third kappa shape index (κ3) is 4.20. The van der Waals surface area contributed by atoms with E-state index in [1.54, 1.807) is 23.0 Å². The molecule has 4 nitrogen and oxygen atoms in total. The Labute approximate surface area is 185 Å². The van der Waals surface area contributed by atoms with Gasteiger partial charge in [0.2, 0.25) is 0 Å². The van der Waals surface area contributed by atoms with Gasteiger partial charge in [-0.25, -0.2) is 9.18 Å². The molecule has 1 unspecified atom stereocenters. The van der Waals surface area contributed by atoms with Crippen LogP contribution in [0.25, 0.3) is 0 Å². The average molecular weight is 521 g/mol. The van der Waals surface area contributed by atoms with Crippen molar-refractivity contribution in [2.75, 3.05) is 5.32 Å². The molecule has 148 valence electrons. The molecule has 1 heterocycles. The Balaban J connectivity index is 1.63. The van der Waals surface area contributed by atoms with Crippen LogP contribution in [0.1, 0.15) is 49.7 Å². The summed E-state index contributed by atoms with van der Waals surface area (Å²) in [6.45, 7) is 0. The van der Waals surface area contributed by atoms with Crippen LogP contribution in [0.5, 0.6) is 0 Å². The minimum absolute atomic E-state index is 0.183. The zero-order valence-corrected chi connectivity index (χ0v) is 18.3. The molecule has 1 aliphatic carbocycles. The first-order valence-corrected chi connectivity index (χ1v) is 10.9. The van der Waals surface area contributed by atoms with Gasteiger partial charge in [0.1, 0.15) is 10.8 Å². The molecule has 0 bridgehead atoms. The zero-order valence-electron chi connectivity index (χ0n) is 15.3. The Hall–Kier alpha value is -2.26. The summed E-state index contributed by atoms with van der Waals surface area (Å²) in [6, 6.07) is 13.6. The number of nitrogens with one attached hydrogen (secondary N) is 1. The smallest absolute Gasteiger partial charge is 0.350 e. The monoisotopic (exact) mass is 521 g/mol. The summed E-state index contributed by atoms with van der Waals surface area (Å²) in [7, 11) is 0. The highest BCUT2D eigenvalue weighted by Gasteiger charge is 2.29. The number of fused-ring (bicyclic) bond motifs is 1. The summed E-state index contributed by atoms with van der Waals surface area (Å²) in [5.41, 5.74) is 4.27. The Morgan fingerprint density at radius 2 is 1.83 bits per heavy atom. The predicted molar refractivity (Wildman–Crippen MR) is 119 cm³/mol. The second kappa shape index (κ2) is 8.62. The maximum atomic E-state index is 13.1. The predicted octanol–water partition coefficient (Wildman–Crippen LogP) is 5.92. The lowest BCUT2D eigenvalue weighted by Crippen LogP contribution is -2.17. The molecule has 0 radical (unpaired) electrons. The van der Waals surface area contributed by atoms with E-state index < -0.39 is 17.7 Å². The van der Waals surface area contributed by atoms with Crippen LogP contribution in [0.15, 0.2) is 53.9 Å². The van der Waals surface area contributed by atoms with Crippen LogP contribution in [0.2, 0.25) is 0 Å². The van der Waals surface area contributed by atoms with Gasteiger partial charge in [0.25, 0.3) is 5.91 Å². The number of anilines is 1. The first-order chi connectivity index (χ1) is 14.1. The number of thiophene rings is 1. The second-order valence-electron chi connectivity index (χ2n) is 6.93. The van der Waals surface area contributed by atoms with Crippen LogP contribution in [-0.2, 0) is 15.9 Å². The average Bonchev–Trinajstić information content (AvgIpc) is 3.16. The third-order valence-electron chi connectivity index (χ3n) is 5.21. The number of amides is 1. The SMILES string of the molecule is O=C(Nc1scc(C2CCc3ccccc3C2)c1C(=O)OI)c1ccc(F)cc1. The Kier molecular flexibility index (Phi) is 5.96. The van der Waals surface area contributed by atoms with Crippen molar-refractivity contribution in [3.05, 3.63) is 87.5 Å². The fourth-order valence-electron chi connectivity index (χ4n) is 3.75. The highest BCUT2D eigenvalue weighted by atomic mass is 127. The second-order valence-corrected chi connectivity index (χ2v) is 8.25. The molecule has 4 rings (SSSR count). The van der Waals surface area contributed by atoms with Crippen LogP contribution >= 0.6 is 34.3 Å². The summed E-state index contributed by atoms with van der Waals surface area (Å²) in [4.78, 5) is 25.1. The summed E-state index contributed by atoms with van der Waals surface area (Å²) >= 11 is 2.88. The minimum Gasteiger partial charge on any atom is -0.391 e. The highest BCUT2D eigenvalue weighted by Crippen LogP contribution is 2.40. The summed E-state index contributed by atoms with van der Waals surface area (Å²) < 4.78 is 18.1. The number of aryl methyl sites for hydroxylation is 1. The van der Waals surface area contributed by atoms with E-state index in [0.717, 1.165) is 24.8 Å². The molecule has 0 aliphatic heterocycles. The van der Waals surface area contributed by atoms with E-state index in [1.165, 1.54) is 46.7 Å². The molecule has 1 N–H and O–H groups in total. The molecule has 7 heteroatoms. The van der Waals surface area contributed by atoms with E-state index >= 15 is 0 Å². The van der Waals surface area contributed by atoms with Gasteiger partial charge in [-0.2, -0.15) is 0 Å². The van der Waals surface area contributed by atoms with Gasteiger partial charge in [0.05, 0.1) is 5.56 Å².